The molecule has 2 aromatic rings. The average Bonchev–Trinajstić information content (AvgIpc) is 3.19. The zero-order valence-electron chi connectivity index (χ0n) is 14.2. The number of carbonyl (C=O) groups is 2. The number of H-pyrrole nitrogens is 1. The Morgan fingerprint density at radius 2 is 2.16 bits per heavy atom. The fourth-order valence-corrected chi connectivity index (χ4v) is 3.06. The van der Waals surface area contributed by atoms with E-state index in [1.807, 2.05) is 29.2 Å². The number of para-hydroxylation sites is 1. The number of likely N-dealkylation sites (tertiary alicyclic amines) is 1. The summed E-state index contributed by atoms with van der Waals surface area (Å²) in [6.07, 6.45) is 1.22. The summed E-state index contributed by atoms with van der Waals surface area (Å²) in [4.78, 5) is 26.3. The van der Waals surface area contributed by atoms with Crippen molar-refractivity contribution < 1.29 is 9.59 Å². The standard InChI is InChI=1S/C17H23N5O2.ClH/c1-17(10-18)7-9-22(11-17)14(23)6-8-19-16(24)15-12-4-2-3-5-13(12)20-21-15;/h2-5H,6-11,18H2,1H3,(H,19,24)(H,20,21);1H. The number of hydrogen-bond acceptors (Lipinski definition) is 4. The summed E-state index contributed by atoms with van der Waals surface area (Å²) in [6.45, 7) is 4.42. The van der Waals surface area contributed by atoms with E-state index in [1.165, 1.54) is 0 Å². The number of benzene rings is 1. The first kappa shape index (κ1) is 19.2. The highest BCUT2D eigenvalue weighted by atomic mass is 35.5. The molecule has 0 radical (unpaired) electrons. The first-order valence-electron chi connectivity index (χ1n) is 8.21. The zero-order valence-corrected chi connectivity index (χ0v) is 15.1. The molecule has 1 aromatic heterocycles. The molecule has 1 aromatic carbocycles. The monoisotopic (exact) mass is 365 g/mol. The van der Waals surface area contributed by atoms with Crippen LogP contribution in [0.2, 0.25) is 0 Å². The normalized spacial score (nSPS) is 19.7. The number of nitrogens with one attached hydrogen (secondary N) is 2. The number of nitrogens with zero attached hydrogens (tertiary/aromatic N) is 2. The van der Waals surface area contributed by atoms with Crippen molar-refractivity contribution in [1.82, 2.24) is 20.4 Å². The molecule has 1 aliphatic rings. The third kappa shape index (κ3) is 4.11. The molecule has 1 fully saturated rings. The van der Waals surface area contributed by atoms with Gasteiger partial charge in [0.15, 0.2) is 5.69 Å². The molecular weight excluding hydrogens is 342 g/mol. The van der Waals surface area contributed by atoms with E-state index >= 15 is 0 Å². The Kier molecular flexibility index (Phi) is 6.02. The van der Waals surface area contributed by atoms with Crippen LogP contribution in [0.3, 0.4) is 0 Å². The van der Waals surface area contributed by atoms with E-state index in [4.69, 9.17) is 5.73 Å². The number of amides is 2. The van der Waals surface area contributed by atoms with E-state index in [9.17, 15) is 9.59 Å². The highest BCUT2D eigenvalue weighted by molar-refractivity contribution is 6.04. The Morgan fingerprint density at radius 1 is 1.40 bits per heavy atom. The Bertz CT molecular complexity index is 762. The van der Waals surface area contributed by atoms with Crippen LogP contribution in [0.25, 0.3) is 10.9 Å². The largest absolute Gasteiger partial charge is 0.350 e. The highest BCUT2D eigenvalue weighted by Gasteiger charge is 2.34. The van der Waals surface area contributed by atoms with Gasteiger partial charge in [-0.3, -0.25) is 14.7 Å². The van der Waals surface area contributed by atoms with E-state index < -0.39 is 0 Å². The van der Waals surface area contributed by atoms with E-state index in [1.54, 1.807) is 0 Å². The second kappa shape index (κ2) is 7.84. The molecule has 25 heavy (non-hydrogen) atoms. The first-order valence-corrected chi connectivity index (χ1v) is 8.21. The zero-order chi connectivity index (χ0) is 17.2. The lowest BCUT2D eigenvalue weighted by Crippen LogP contribution is -2.36. The predicted octanol–water partition coefficient (Wildman–Crippen LogP) is 1.30. The Balaban J connectivity index is 0.00000225. The van der Waals surface area contributed by atoms with Crippen LogP contribution < -0.4 is 11.1 Å². The van der Waals surface area contributed by atoms with Gasteiger partial charge in [-0.05, 0) is 24.4 Å². The van der Waals surface area contributed by atoms with Gasteiger partial charge in [-0.15, -0.1) is 12.4 Å². The van der Waals surface area contributed by atoms with Gasteiger partial charge < -0.3 is 16.0 Å². The summed E-state index contributed by atoms with van der Waals surface area (Å²) in [6, 6.07) is 7.45. The molecule has 0 aliphatic carbocycles. The number of rotatable bonds is 5. The number of nitrogens with two attached hydrogens (primary N) is 1. The van der Waals surface area contributed by atoms with Crippen molar-refractivity contribution in [3.63, 3.8) is 0 Å². The maximum absolute atomic E-state index is 12.2. The number of halogens is 1. The molecule has 136 valence electrons. The van der Waals surface area contributed by atoms with Gasteiger partial charge in [-0.1, -0.05) is 25.1 Å². The quantitative estimate of drug-likeness (QED) is 0.742. The smallest absolute Gasteiger partial charge is 0.272 e. The molecule has 1 atom stereocenters. The second-order valence-corrected chi connectivity index (χ2v) is 6.70. The van der Waals surface area contributed by atoms with Crippen LogP contribution in [0.15, 0.2) is 24.3 Å². The molecular formula is C17H24ClN5O2. The van der Waals surface area contributed by atoms with Crippen molar-refractivity contribution in [2.75, 3.05) is 26.2 Å². The molecule has 0 spiro atoms. The van der Waals surface area contributed by atoms with Gasteiger partial charge in [0.05, 0.1) is 5.52 Å². The lowest BCUT2D eigenvalue weighted by Gasteiger charge is -2.22. The van der Waals surface area contributed by atoms with Gasteiger partial charge in [0.2, 0.25) is 5.91 Å². The summed E-state index contributed by atoms with van der Waals surface area (Å²) in [5.74, 6) is -0.215. The first-order chi connectivity index (χ1) is 11.5. The van der Waals surface area contributed by atoms with Crippen molar-refractivity contribution in [1.29, 1.82) is 0 Å². The lowest BCUT2D eigenvalue weighted by molar-refractivity contribution is -0.130. The van der Waals surface area contributed by atoms with Crippen LogP contribution in [0.5, 0.6) is 0 Å². The van der Waals surface area contributed by atoms with Gasteiger partial charge >= 0.3 is 0 Å². The highest BCUT2D eigenvalue weighted by Crippen LogP contribution is 2.28. The minimum atomic E-state index is -0.270. The number of aromatic amines is 1. The summed E-state index contributed by atoms with van der Waals surface area (Å²) in [7, 11) is 0. The molecule has 1 saturated heterocycles. The summed E-state index contributed by atoms with van der Waals surface area (Å²) in [5.41, 5.74) is 6.96. The van der Waals surface area contributed by atoms with Gasteiger partial charge in [-0.25, -0.2) is 0 Å². The van der Waals surface area contributed by atoms with Gasteiger partial charge in [0.25, 0.3) is 5.91 Å². The van der Waals surface area contributed by atoms with Crippen molar-refractivity contribution in [2.24, 2.45) is 11.1 Å². The molecule has 7 nitrogen and oxygen atoms in total. The fraction of sp³-hybridized carbons (Fsp3) is 0.471. The van der Waals surface area contributed by atoms with E-state index in [-0.39, 0.29) is 36.1 Å². The molecule has 1 unspecified atom stereocenters. The Morgan fingerprint density at radius 3 is 2.88 bits per heavy atom. The Hall–Kier alpha value is -2.12. The SMILES string of the molecule is CC1(CN)CCN(C(=O)CCNC(=O)c2n[nH]c3ccccc23)C1.Cl. The minimum Gasteiger partial charge on any atom is -0.350 e. The molecule has 4 N–H and O–H groups in total. The molecule has 8 heteroatoms. The molecule has 1 aliphatic heterocycles. The minimum absolute atomic E-state index is 0. The molecule has 2 amide bonds. The van der Waals surface area contributed by atoms with Crippen molar-refractivity contribution >= 4 is 35.1 Å². The number of aromatic nitrogens is 2. The van der Waals surface area contributed by atoms with Crippen LogP contribution in [0.4, 0.5) is 0 Å². The van der Waals surface area contributed by atoms with Crippen LogP contribution >= 0.6 is 12.4 Å². The van der Waals surface area contributed by atoms with E-state index in [0.717, 1.165) is 23.9 Å². The Labute approximate surface area is 152 Å². The number of fused-ring (bicyclic) bond motifs is 1. The summed E-state index contributed by atoms with van der Waals surface area (Å²) >= 11 is 0. The van der Waals surface area contributed by atoms with Crippen LogP contribution in [-0.4, -0.2) is 53.1 Å². The summed E-state index contributed by atoms with van der Waals surface area (Å²) in [5, 5.41) is 10.4. The third-order valence-corrected chi connectivity index (χ3v) is 4.71. The van der Waals surface area contributed by atoms with E-state index in [0.29, 0.717) is 25.3 Å². The van der Waals surface area contributed by atoms with Gasteiger partial charge in [0, 0.05) is 31.4 Å². The lowest BCUT2D eigenvalue weighted by atomic mass is 9.90. The van der Waals surface area contributed by atoms with E-state index in [2.05, 4.69) is 22.4 Å². The van der Waals surface area contributed by atoms with Crippen molar-refractivity contribution in [3.05, 3.63) is 30.0 Å². The van der Waals surface area contributed by atoms with Crippen molar-refractivity contribution in [3.8, 4) is 0 Å². The number of carbonyl (C=O) groups excluding carboxylic acids is 2. The second-order valence-electron chi connectivity index (χ2n) is 6.70. The van der Waals surface area contributed by atoms with Crippen molar-refractivity contribution in [2.45, 2.75) is 19.8 Å². The topological polar surface area (TPSA) is 104 Å². The van der Waals surface area contributed by atoms with Crippen LogP contribution in [0.1, 0.15) is 30.3 Å². The number of hydrogen-bond donors (Lipinski definition) is 3. The summed E-state index contributed by atoms with van der Waals surface area (Å²) < 4.78 is 0. The molecule has 3 rings (SSSR count). The maximum Gasteiger partial charge on any atom is 0.272 e. The molecule has 2 heterocycles. The van der Waals surface area contributed by atoms with Crippen LogP contribution in [-0.2, 0) is 4.79 Å². The maximum atomic E-state index is 12.2. The predicted molar refractivity (Wildman–Crippen MR) is 98.7 cm³/mol. The third-order valence-electron chi connectivity index (χ3n) is 4.71. The van der Waals surface area contributed by atoms with Gasteiger partial charge in [-0.2, -0.15) is 5.10 Å². The molecule has 0 saturated carbocycles. The average molecular weight is 366 g/mol. The fourth-order valence-electron chi connectivity index (χ4n) is 3.06. The molecule has 0 bridgehead atoms. The van der Waals surface area contributed by atoms with Gasteiger partial charge in [0.1, 0.15) is 0 Å². The van der Waals surface area contributed by atoms with Crippen LogP contribution in [0, 0.1) is 5.41 Å².